The highest BCUT2D eigenvalue weighted by Gasteiger charge is 2.13. The van der Waals surface area contributed by atoms with Crippen LogP contribution in [0.3, 0.4) is 0 Å². The topological polar surface area (TPSA) is 90.9 Å². The molecule has 0 amide bonds. The third-order valence-corrected chi connectivity index (χ3v) is 5.05. The molecule has 2 aromatic rings. The lowest BCUT2D eigenvalue weighted by molar-refractivity contribution is -0.139. The fourth-order valence-corrected chi connectivity index (χ4v) is 3.23. The normalized spacial score (nSPS) is 10.9. The standard InChI is InChI=1S/C27H36O9/c1-29-14-15-34-12-6-7-13-35-19-26(28)36-23-16-20(10-11-22(23)30-2)8-9-21-17-24(31-3)27(33-5)25(18-21)32-4/h8-11,16-18H,6-7,12-15,19H2,1-5H3/b9-8+. The van der Waals surface area contributed by atoms with E-state index in [0.29, 0.717) is 55.2 Å². The van der Waals surface area contributed by atoms with Gasteiger partial charge < -0.3 is 37.9 Å². The highest BCUT2D eigenvalue weighted by molar-refractivity contribution is 5.77. The molecule has 0 saturated carbocycles. The Morgan fingerprint density at radius 2 is 1.28 bits per heavy atom. The van der Waals surface area contributed by atoms with E-state index >= 15 is 0 Å². The molecule has 36 heavy (non-hydrogen) atoms. The first-order chi connectivity index (χ1) is 17.6. The van der Waals surface area contributed by atoms with E-state index in [1.807, 2.05) is 30.4 Å². The first-order valence-corrected chi connectivity index (χ1v) is 11.6. The van der Waals surface area contributed by atoms with Crippen molar-refractivity contribution in [2.24, 2.45) is 0 Å². The minimum atomic E-state index is -0.504. The van der Waals surface area contributed by atoms with Crippen molar-refractivity contribution in [1.82, 2.24) is 0 Å². The van der Waals surface area contributed by atoms with Crippen LogP contribution in [-0.4, -0.2) is 74.6 Å². The van der Waals surface area contributed by atoms with Gasteiger partial charge in [-0.05, 0) is 48.2 Å². The van der Waals surface area contributed by atoms with E-state index in [-0.39, 0.29) is 6.61 Å². The Labute approximate surface area is 212 Å². The monoisotopic (exact) mass is 504 g/mol. The number of ether oxygens (including phenoxy) is 8. The molecule has 2 rings (SSSR count). The maximum absolute atomic E-state index is 12.3. The second-order valence-electron chi connectivity index (χ2n) is 7.54. The van der Waals surface area contributed by atoms with Crippen LogP contribution in [-0.2, 0) is 19.0 Å². The van der Waals surface area contributed by atoms with Crippen molar-refractivity contribution >= 4 is 18.1 Å². The Bertz CT molecular complexity index is 947. The average molecular weight is 505 g/mol. The average Bonchev–Trinajstić information content (AvgIpc) is 2.90. The molecule has 9 nitrogen and oxygen atoms in total. The zero-order valence-corrected chi connectivity index (χ0v) is 21.7. The van der Waals surface area contributed by atoms with Crippen LogP contribution in [0.1, 0.15) is 24.0 Å². The second kappa shape index (κ2) is 16.4. The number of unbranched alkanes of at least 4 members (excludes halogenated alkanes) is 1. The summed E-state index contributed by atoms with van der Waals surface area (Å²) >= 11 is 0. The minimum Gasteiger partial charge on any atom is -0.493 e. The lowest BCUT2D eigenvalue weighted by Crippen LogP contribution is -2.16. The fraction of sp³-hybridized carbons (Fsp3) is 0.444. The number of rotatable bonds is 17. The summed E-state index contributed by atoms with van der Waals surface area (Å²) in [6, 6.07) is 9.00. The number of benzene rings is 2. The van der Waals surface area contributed by atoms with Gasteiger partial charge in [0.05, 0.1) is 41.7 Å². The molecule has 0 bridgehead atoms. The molecular weight excluding hydrogens is 468 g/mol. The molecule has 198 valence electrons. The van der Waals surface area contributed by atoms with E-state index in [0.717, 1.165) is 24.0 Å². The van der Waals surface area contributed by atoms with Crippen LogP contribution in [0, 0.1) is 0 Å². The summed E-state index contributed by atoms with van der Waals surface area (Å²) in [5.74, 6) is 1.88. The lowest BCUT2D eigenvalue weighted by atomic mass is 10.1. The molecule has 0 aliphatic carbocycles. The van der Waals surface area contributed by atoms with Gasteiger partial charge in [-0.2, -0.15) is 0 Å². The van der Waals surface area contributed by atoms with Gasteiger partial charge >= 0.3 is 5.97 Å². The molecule has 0 N–H and O–H groups in total. The first kappa shape index (κ1) is 29.0. The SMILES string of the molecule is COCCOCCCCOCC(=O)Oc1cc(/C=C/c2cc(OC)c(OC)c(OC)c2)ccc1OC. The Kier molecular flexibility index (Phi) is 13.2. The highest BCUT2D eigenvalue weighted by Crippen LogP contribution is 2.38. The Morgan fingerprint density at radius 3 is 1.89 bits per heavy atom. The van der Waals surface area contributed by atoms with E-state index in [4.69, 9.17) is 37.9 Å². The smallest absolute Gasteiger partial charge is 0.337 e. The molecular formula is C27H36O9. The molecule has 0 heterocycles. The van der Waals surface area contributed by atoms with Crippen molar-refractivity contribution in [3.05, 3.63) is 41.5 Å². The second-order valence-corrected chi connectivity index (χ2v) is 7.54. The number of esters is 1. The van der Waals surface area contributed by atoms with Crippen LogP contribution in [0.2, 0.25) is 0 Å². The van der Waals surface area contributed by atoms with E-state index in [1.54, 1.807) is 40.6 Å². The molecule has 0 atom stereocenters. The number of methoxy groups -OCH3 is 5. The number of hydrogen-bond acceptors (Lipinski definition) is 9. The van der Waals surface area contributed by atoms with Gasteiger partial charge in [0.25, 0.3) is 0 Å². The van der Waals surface area contributed by atoms with Crippen molar-refractivity contribution in [3.63, 3.8) is 0 Å². The van der Waals surface area contributed by atoms with Crippen LogP contribution < -0.4 is 23.7 Å². The number of carbonyl (C=O) groups is 1. The summed E-state index contributed by atoms with van der Waals surface area (Å²) in [6.45, 7) is 2.07. The van der Waals surface area contributed by atoms with Crippen LogP contribution in [0.25, 0.3) is 12.2 Å². The summed E-state index contributed by atoms with van der Waals surface area (Å²) in [5, 5.41) is 0. The molecule has 0 spiro atoms. The summed E-state index contributed by atoms with van der Waals surface area (Å²) < 4.78 is 42.7. The Balaban J connectivity index is 1.95. The molecule has 0 aromatic heterocycles. The van der Waals surface area contributed by atoms with Crippen molar-refractivity contribution in [1.29, 1.82) is 0 Å². The fourth-order valence-electron chi connectivity index (χ4n) is 3.23. The van der Waals surface area contributed by atoms with Gasteiger partial charge in [-0.25, -0.2) is 4.79 Å². The van der Waals surface area contributed by atoms with Gasteiger partial charge in [-0.15, -0.1) is 0 Å². The Hall–Kier alpha value is -3.27. The molecule has 0 radical (unpaired) electrons. The van der Waals surface area contributed by atoms with Crippen LogP contribution in [0.4, 0.5) is 0 Å². The zero-order chi connectivity index (χ0) is 26.2. The lowest BCUT2D eigenvalue weighted by Gasteiger charge is -2.13. The summed E-state index contributed by atoms with van der Waals surface area (Å²) in [4.78, 5) is 12.3. The van der Waals surface area contributed by atoms with Gasteiger partial charge in [0, 0.05) is 20.3 Å². The third kappa shape index (κ3) is 9.41. The quantitative estimate of drug-likeness (QED) is 0.136. The predicted octanol–water partition coefficient (Wildman–Crippen LogP) is 4.26. The van der Waals surface area contributed by atoms with Crippen molar-refractivity contribution in [2.45, 2.75) is 12.8 Å². The minimum absolute atomic E-state index is 0.154. The Morgan fingerprint density at radius 1 is 0.667 bits per heavy atom. The van der Waals surface area contributed by atoms with Crippen LogP contribution >= 0.6 is 0 Å². The largest absolute Gasteiger partial charge is 0.493 e. The van der Waals surface area contributed by atoms with Gasteiger partial charge in [-0.1, -0.05) is 18.2 Å². The summed E-state index contributed by atoms with van der Waals surface area (Å²) in [7, 11) is 7.84. The number of hydrogen-bond donors (Lipinski definition) is 0. The van der Waals surface area contributed by atoms with E-state index < -0.39 is 5.97 Å². The maximum atomic E-state index is 12.3. The van der Waals surface area contributed by atoms with Crippen molar-refractivity contribution in [2.75, 3.05) is 68.6 Å². The highest BCUT2D eigenvalue weighted by atomic mass is 16.6. The van der Waals surface area contributed by atoms with Crippen molar-refractivity contribution in [3.8, 4) is 28.7 Å². The van der Waals surface area contributed by atoms with Gasteiger partial charge in [0.1, 0.15) is 6.61 Å². The van der Waals surface area contributed by atoms with E-state index in [1.165, 1.54) is 7.11 Å². The van der Waals surface area contributed by atoms with Crippen LogP contribution in [0.15, 0.2) is 30.3 Å². The maximum Gasteiger partial charge on any atom is 0.337 e. The summed E-state index contributed by atoms with van der Waals surface area (Å²) in [6.07, 6.45) is 5.39. The van der Waals surface area contributed by atoms with E-state index in [9.17, 15) is 4.79 Å². The molecule has 0 unspecified atom stereocenters. The first-order valence-electron chi connectivity index (χ1n) is 11.6. The zero-order valence-electron chi connectivity index (χ0n) is 21.7. The number of carbonyl (C=O) groups excluding carboxylic acids is 1. The van der Waals surface area contributed by atoms with E-state index in [2.05, 4.69) is 0 Å². The van der Waals surface area contributed by atoms with Gasteiger partial charge in [-0.3, -0.25) is 0 Å². The third-order valence-electron chi connectivity index (χ3n) is 5.05. The molecule has 0 aliphatic rings. The van der Waals surface area contributed by atoms with Gasteiger partial charge in [0.15, 0.2) is 23.0 Å². The molecule has 0 aliphatic heterocycles. The molecule has 9 heteroatoms. The predicted molar refractivity (Wildman–Crippen MR) is 136 cm³/mol. The van der Waals surface area contributed by atoms with Crippen molar-refractivity contribution < 1.29 is 42.7 Å². The molecule has 0 saturated heterocycles. The molecule has 0 fully saturated rings. The van der Waals surface area contributed by atoms with Gasteiger partial charge in [0.2, 0.25) is 5.75 Å². The van der Waals surface area contributed by atoms with Crippen LogP contribution in [0.5, 0.6) is 28.7 Å². The summed E-state index contributed by atoms with van der Waals surface area (Å²) in [5.41, 5.74) is 1.65. The molecule has 2 aromatic carbocycles.